The van der Waals surface area contributed by atoms with Gasteiger partial charge in [0.2, 0.25) is 0 Å². The Bertz CT molecular complexity index is 337. The predicted octanol–water partition coefficient (Wildman–Crippen LogP) is 3.78. The van der Waals surface area contributed by atoms with Crippen LogP contribution in [0.5, 0.6) is 0 Å². The third-order valence-corrected chi connectivity index (χ3v) is 4.34. The Hall–Kier alpha value is -0.700. The number of hydrogen-bond acceptors (Lipinski definition) is 3. The van der Waals surface area contributed by atoms with Crippen LogP contribution in [0.4, 0.5) is 0 Å². The third-order valence-electron chi connectivity index (χ3n) is 3.07. The number of thiazole rings is 1. The van der Waals surface area contributed by atoms with Crippen LogP contribution in [-0.2, 0) is 0 Å². The highest BCUT2D eigenvalue weighted by molar-refractivity contribution is 7.13. The number of carbonyl (C=O) groups excluding carboxylic acids is 1. The Morgan fingerprint density at radius 2 is 2.00 bits per heavy atom. The number of Topliss-reactive ketones (excluding diaryl/α,β-unsaturated/α-hetero) is 1. The number of nitrogens with zero attached hydrogens (tertiary/aromatic N) is 1. The SMILES string of the molecule is CC(=O)c1cnc(C2CCCCCC2)s1. The molecular formula is C12H17NOS. The average molecular weight is 223 g/mol. The second kappa shape index (κ2) is 4.88. The molecule has 0 N–H and O–H groups in total. The lowest BCUT2D eigenvalue weighted by Crippen LogP contribution is -1.95. The zero-order valence-electron chi connectivity index (χ0n) is 9.16. The van der Waals surface area contributed by atoms with E-state index < -0.39 is 0 Å². The zero-order chi connectivity index (χ0) is 10.7. The van der Waals surface area contributed by atoms with Crippen LogP contribution in [0.25, 0.3) is 0 Å². The molecule has 0 aliphatic heterocycles. The molecule has 1 aliphatic carbocycles. The van der Waals surface area contributed by atoms with Gasteiger partial charge in [0, 0.05) is 19.0 Å². The first-order chi connectivity index (χ1) is 7.27. The van der Waals surface area contributed by atoms with E-state index >= 15 is 0 Å². The smallest absolute Gasteiger partial charge is 0.171 e. The van der Waals surface area contributed by atoms with Gasteiger partial charge in [-0.3, -0.25) is 4.79 Å². The standard InChI is InChI=1S/C12H17NOS/c1-9(14)11-8-13-12(15-11)10-6-4-2-3-5-7-10/h8,10H,2-7H2,1H3. The summed E-state index contributed by atoms with van der Waals surface area (Å²) in [6.07, 6.45) is 9.62. The van der Waals surface area contributed by atoms with Crippen LogP contribution < -0.4 is 0 Å². The van der Waals surface area contributed by atoms with Gasteiger partial charge in [0.25, 0.3) is 0 Å². The van der Waals surface area contributed by atoms with Crippen LogP contribution >= 0.6 is 11.3 Å². The molecule has 1 fully saturated rings. The first-order valence-electron chi connectivity index (χ1n) is 5.74. The summed E-state index contributed by atoms with van der Waals surface area (Å²) in [7, 11) is 0. The molecule has 1 aromatic heterocycles. The number of ketones is 1. The summed E-state index contributed by atoms with van der Waals surface area (Å²) in [5.41, 5.74) is 0. The van der Waals surface area contributed by atoms with Crippen molar-refractivity contribution in [1.29, 1.82) is 0 Å². The van der Waals surface area contributed by atoms with Crippen molar-refractivity contribution in [3.8, 4) is 0 Å². The molecule has 0 unspecified atom stereocenters. The molecule has 1 heterocycles. The van der Waals surface area contributed by atoms with Gasteiger partial charge in [-0.1, -0.05) is 25.7 Å². The van der Waals surface area contributed by atoms with E-state index in [1.54, 1.807) is 24.5 Å². The van der Waals surface area contributed by atoms with Crippen LogP contribution in [0.15, 0.2) is 6.20 Å². The van der Waals surface area contributed by atoms with Crippen molar-refractivity contribution in [2.24, 2.45) is 0 Å². The van der Waals surface area contributed by atoms with Crippen molar-refractivity contribution in [3.05, 3.63) is 16.1 Å². The van der Waals surface area contributed by atoms with Crippen LogP contribution in [0.1, 0.15) is 66.0 Å². The molecule has 1 saturated carbocycles. The first kappa shape index (κ1) is 10.8. The lowest BCUT2D eigenvalue weighted by Gasteiger charge is -2.09. The van der Waals surface area contributed by atoms with Crippen molar-refractivity contribution in [2.45, 2.75) is 51.4 Å². The molecule has 0 amide bonds. The van der Waals surface area contributed by atoms with Gasteiger partial charge in [0.15, 0.2) is 5.78 Å². The van der Waals surface area contributed by atoms with Crippen LogP contribution in [0.2, 0.25) is 0 Å². The lowest BCUT2D eigenvalue weighted by atomic mass is 10.0. The summed E-state index contributed by atoms with van der Waals surface area (Å²) >= 11 is 1.60. The predicted molar refractivity (Wildman–Crippen MR) is 62.6 cm³/mol. The highest BCUT2D eigenvalue weighted by atomic mass is 32.1. The lowest BCUT2D eigenvalue weighted by molar-refractivity contribution is 0.102. The minimum atomic E-state index is 0.146. The third kappa shape index (κ3) is 2.65. The highest BCUT2D eigenvalue weighted by Gasteiger charge is 2.18. The summed E-state index contributed by atoms with van der Waals surface area (Å²) < 4.78 is 0. The van der Waals surface area contributed by atoms with Gasteiger partial charge in [-0.2, -0.15) is 0 Å². The fourth-order valence-electron chi connectivity index (χ4n) is 2.17. The fraction of sp³-hybridized carbons (Fsp3) is 0.667. The summed E-state index contributed by atoms with van der Waals surface area (Å²) in [5, 5.41) is 1.18. The molecule has 0 aromatic carbocycles. The minimum Gasteiger partial charge on any atom is -0.294 e. The molecule has 1 aliphatic rings. The molecule has 0 radical (unpaired) electrons. The summed E-state index contributed by atoms with van der Waals surface area (Å²) in [4.78, 5) is 16.4. The largest absolute Gasteiger partial charge is 0.294 e. The van der Waals surface area contributed by atoms with Gasteiger partial charge >= 0.3 is 0 Å². The molecule has 3 heteroatoms. The molecule has 1 aromatic rings. The Morgan fingerprint density at radius 3 is 2.53 bits per heavy atom. The Labute approximate surface area is 94.7 Å². The average Bonchev–Trinajstić information content (AvgIpc) is 2.55. The van der Waals surface area contributed by atoms with Gasteiger partial charge in [-0.25, -0.2) is 4.98 Å². The second-order valence-corrected chi connectivity index (χ2v) is 5.37. The topological polar surface area (TPSA) is 30.0 Å². The van der Waals surface area contributed by atoms with E-state index in [0.29, 0.717) is 5.92 Å². The Kier molecular flexibility index (Phi) is 3.52. The molecule has 82 valence electrons. The van der Waals surface area contributed by atoms with Crippen molar-refractivity contribution < 1.29 is 4.79 Å². The Balaban J connectivity index is 2.10. The maximum atomic E-state index is 11.2. The van der Waals surface area contributed by atoms with Crippen LogP contribution in [0, 0.1) is 0 Å². The summed E-state index contributed by atoms with van der Waals surface area (Å²) in [6, 6.07) is 0. The van der Waals surface area contributed by atoms with E-state index in [2.05, 4.69) is 4.98 Å². The van der Waals surface area contributed by atoms with Gasteiger partial charge in [0.05, 0.1) is 9.88 Å². The number of carbonyl (C=O) groups is 1. The summed E-state index contributed by atoms with van der Waals surface area (Å²) in [5.74, 6) is 0.762. The molecule has 0 bridgehead atoms. The monoisotopic (exact) mass is 223 g/mol. The van der Waals surface area contributed by atoms with Crippen molar-refractivity contribution >= 4 is 17.1 Å². The van der Waals surface area contributed by atoms with E-state index in [-0.39, 0.29) is 5.78 Å². The van der Waals surface area contributed by atoms with E-state index in [4.69, 9.17) is 0 Å². The molecule has 0 atom stereocenters. The highest BCUT2D eigenvalue weighted by Crippen LogP contribution is 2.33. The van der Waals surface area contributed by atoms with Gasteiger partial charge < -0.3 is 0 Å². The number of hydrogen-bond donors (Lipinski definition) is 0. The van der Waals surface area contributed by atoms with Gasteiger partial charge in [-0.05, 0) is 12.8 Å². The maximum Gasteiger partial charge on any atom is 0.171 e. The van der Waals surface area contributed by atoms with E-state index in [1.165, 1.54) is 43.5 Å². The van der Waals surface area contributed by atoms with E-state index in [0.717, 1.165) is 4.88 Å². The fourth-order valence-corrected chi connectivity index (χ4v) is 3.15. The van der Waals surface area contributed by atoms with Crippen LogP contribution in [0.3, 0.4) is 0 Å². The van der Waals surface area contributed by atoms with Gasteiger partial charge in [0.1, 0.15) is 0 Å². The van der Waals surface area contributed by atoms with Crippen molar-refractivity contribution in [2.75, 3.05) is 0 Å². The second-order valence-electron chi connectivity index (χ2n) is 4.31. The van der Waals surface area contributed by atoms with Crippen molar-refractivity contribution in [1.82, 2.24) is 4.98 Å². The molecule has 0 spiro atoms. The molecule has 2 nitrogen and oxygen atoms in total. The first-order valence-corrected chi connectivity index (χ1v) is 6.55. The quantitative estimate of drug-likeness (QED) is 0.564. The number of aromatic nitrogens is 1. The normalized spacial score (nSPS) is 18.7. The molecular weight excluding hydrogens is 206 g/mol. The molecule has 15 heavy (non-hydrogen) atoms. The van der Waals surface area contributed by atoms with Gasteiger partial charge in [-0.15, -0.1) is 11.3 Å². The van der Waals surface area contributed by atoms with Crippen molar-refractivity contribution in [3.63, 3.8) is 0 Å². The van der Waals surface area contributed by atoms with E-state index in [1.807, 2.05) is 0 Å². The molecule has 0 saturated heterocycles. The molecule has 2 rings (SSSR count). The maximum absolute atomic E-state index is 11.2. The zero-order valence-corrected chi connectivity index (χ0v) is 9.98. The van der Waals surface area contributed by atoms with E-state index in [9.17, 15) is 4.79 Å². The summed E-state index contributed by atoms with van der Waals surface area (Å²) in [6.45, 7) is 1.62. The minimum absolute atomic E-state index is 0.146. The number of rotatable bonds is 2. The Morgan fingerprint density at radius 1 is 1.33 bits per heavy atom. The van der Waals surface area contributed by atoms with Crippen LogP contribution in [-0.4, -0.2) is 10.8 Å².